The van der Waals surface area contributed by atoms with Crippen LogP contribution in [-0.4, -0.2) is 9.55 Å². The lowest BCUT2D eigenvalue weighted by Gasteiger charge is -2.01. The monoisotopic (exact) mass is 154 g/mol. The van der Waals surface area contributed by atoms with Crippen LogP contribution in [-0.2, 0) is 13.0 Å². The van der Waals surface area contributed by atoms with Crippen molar-refractivity contribution in [3.8, 4) is 0 Å². The molecule has 62 valence electrons. The van der Waals surface area contributed by atoms with E-state index in [1.807, 2.05) is 0 Å². The number of aromatic amines is 1. The molecule has 3 heteroatoms. The van der Waals surface area contributed by atoms with Gasteiger partial charge in [0.05, 0.1) is 0 Å². The van der Waals surface area contributed by atoms with Gasteiger partial charge in [0.15, 0.2) is 0 Å². The maximum Gasteiger partial charge on any atom is 0.325 e. The SMILES string of the molecule is CCCn1c(CC)c[nH]c1=O. The average molecular weight is 154 g/mol. The highest BCUT2D eigenvalue weighted by Gasteiger charge is 2.01. The number of nitrogens with one attached hydrogen (secondary N) is 1. The van der Waals surface area contributed by atoms with Gasteiger partial charge in [-0.15, -0.1) is 0 Å². The Hall–Kier alpha value is -0.990. The summed E-state index contributed by atoms with van der Waals surface area (Å²) < 4.78 is 1.79. The molecule has 1 aromatic heterocycles. The highest BCUT2D eigenvalue weighted by molar-refractivity contribution is 4.97. The van der Waals surface area contributed by atoms with E-state index in [2.05, 4.69) is 18.8 Å². The third-order valence-corrected chi connectivity index (χ3v) is 1.76. The summed E-state index contributed by atoms with van der Waals surface area (Å²) >= 11 is 0. The largest absolute Gasteiger partial charge is 0.325 e. The van der Waals surface area contributed by atoms with Crippen LogP contribution in [0.3, 0.4) is 0 Å². The van der Waals surface area contributed by atoms with Gasteiger partial charge in [-0.05, 0) is 12.8 Å². The molecule has 3 nitrogen and oxygen atoms in total. The second-order valence-corrected chi connectivity index (χ2v) is 2.59. The number of aromatic nitrogens is 2. The Balaban J connectivity index is 2.97. The number of nitrogens with zero attached hydrogens (tertiary/aromatic N) is 1. The molecule has 1 rings (SSSR count). The van der Waals surface area contributed by atoms with E-state index in [9.17, 15) is 4.79 Å². The van der Waals surface area contributed by atoms with Gasteiger partial charge in [-0.2, -0.15) is 0 Å². The van der Waals surface area contributed by atoms with E-state index >= 15 is 0 Å². The molecule has 1 N–H and O–H groups in total. The van der Waals surface area contributed by atoms with Crippen LogP contribution < -0.4 is 5.69 Å². The van der Waals surface area contributed by atoms with Gasteiger partial charge in [0, 0.05) is 18.4 Å². The maximum atomic E-state index is 11.1. The van der Waals surface area contributed by atoms with E-state index in [-0.39, 0.29) is 5.69 Å². The molecule has 0 bridgehead atoms. The summed E-state index contributed by atoms with van der Waals surface area (Å²) in [5, 5.41) is 0. The Labute approximate surface area is 66.1 Å². The molecule has 11 heavy (non-hydrogen) atoms. The summed E-state index contributed by atoms with van der Waals surface area (Å²) in [5.74, 6) is 0. The highest BCUT2D eigenvalue weighted by Crippen LogP contribution is 1.96. The third-order valence-electron chi connectivity index (χ3n) is 1.76. The number of hydrogen-bond acceptors (Lipinski definition) is 1. The first-order valence-electron chi connectivity index (χ1n) is 4.06. The summed E-state index contributed by atoms with van der Waals surface area (Å²) in [4.78, 5) is 13.8. The Morgan fingerprint density at radius 3 is 2.82 bits per heavy atom. The minimum absolute atomic E-state index is 0.0173. The lowest BCUT2D eigenvalue weighted by molar-refractivity contribution is 0.629. The topological polar surface area (TPSA) is 37.8 Å². The minimum atomic E-state index is 0.0173. The first kappa shape index (κ1) is 8.11. The van der Waals surface area contributed by atoms with Crippen LogP contribution in [0.1, 0.15) is 26.0 Å². The molecule has 0 radical (unpaired) electrons. The van der Waals surface area contributed by atoms with E-state index in [1.165, 1.54) is 0 Å². The molecule has 0 aromatic carbocycles. The van der Waals surface area contributed by atoms with E-state index in [4.69, 9.17) is 0 Å². The van der Waals surface area contributed by atoms with Crippen LogP contribution in [0, 0.1) is 0 Å². The second-order valence-electron chi connectivity index (χ2n) is 2.59. The normalized spacial score (nSPS) is 10.4. The van der Waals surface area contributed by atoms with Crippen molar-refractivity contribution in [3.05, 3.63) is 22.4 Å². The van der Waals surface area contributed by atoms with Gasteiger partial charge in [-0.25, -0.2) is 4.79 Å². The molecule has 0 amide bonds. The van der Waals surface area contributed by atoms with Gasteiger partial charge in [0.25, 0.3) is 0 Å². The van der Waals surface area contributed by atoms with Crippen molar-refractivity contribution in [1.29, 1.82) is 0 Å². The van der Waals surface area contributed by atoms with Crippen molar-refractivity contribution in [2.24, 2.45) is 0 Å². The number of rotatable bonds is 3. The molecular formula is C8H14N2O. The highest BCUT2D eigenvalue weighted by atomic mass is 16.1. The number of H-pyrrole nitrogens is 1. The van der Waals surface area contributed by atoms with Gasteiger partial charge in [0.2, 0.25) is 0 Å². The molecule has 0 saturated carbocycles. The zero-order chi connectivity index (χ0) is 8.27. The van der Waals surface area contributed by atoms with Crippen molar-refractivity contribution in [2.75, 3.05) is 0 Å². The van der Waals surface area contributed by atoms with Gasteiger partial charge in [-0.1, -0.05) is 13.8 Å². The fourth-order valence-electron chi connectivity index (χ4n) is 1.19. The standard InChI is InChI=1S/C8H14N2O/c1-3-5-10-7(4-2)6-9-8(10)11/h6H,3-5H2,1-2H3,(H,9,11). The fraction of sp³-hybridized carbons (Fsp3) is 0.625. The zero-order valence-electron chi connectivity index (χ0n) is 7.05. The minimum Gasteiger partial charge on any atom is -0.312 e. The second kappa shape index (κ2) is 3.42. The Kier molecular flexibility index (Phi) is 2.52. The molecule has 0 aliphatic heterocycles. The molecule has 0 atom stereocenters. The van der Waals surface area contributed by atoms with E-state index in [0.717, 1.165) is 25.1 Å². The van der Waals surface area contributed by atoms with E-state index in [0.29, 0.717) is 0 Å². The quantitative estimate of drug-likeness (QED) is 0.696. The van der Waals surface area contributed by atoms with Gasteiger partial charge < -0.3 is 4.98 Å². The molecule has 0 spiro atoms. The fourth-order valence-corrected chi connectivity index (χ4v) is 1.19. The third kappa shape index (κ3) is 1.53. The number of aryl methyl sites for hydroxylation is 1. The summed E-state index contributed by atoms with van der Waals surface area (Å²) in [6.07, 6.45) is 3.71. The number of hydrogen-bond donors (Lipinski definition) is 1. The summed E-state index contributed by atoms with van der Waals surface area (Å²) in [7, 11) is 0. The molecule has 0 unspecified atom stereocenters. The number of imidazole rings is 1. The molecular weight excluding hydrogens is 140 g/mol. The van der Waals surface area contributed by atoms with Crippen LogP contribution in [0.2, 0.25) is 0 Å². The van der Waals surface area contributed by atoms with E-state index in [1.54, 1.807) is 10.8 Å². The van der Waals surface area contributed by atoms with Crippen LogP contribution in [0.15, 0.2) is 11.0 Å². The summed E-state index contributed by atoms with van der Waals surface area (Å²) in [6, 6.07) is 0. The van der Waals surface area contributed by atoms with Crippen LogP contribution >= 0.6 is 0 Å². The molecule has 0 aliphatic rings. The zero-order valence-corrected chi connectivity index (χ0v) is 7.05. The molecule has 1 heterocycles. The molecule has 0 fully saturated rings. The van der Waals surface area contributed by atoms with Gasteiger partial charge >= 0.3 is 5.69 Å². The average Bonchev–Trinajstić information content (AvgIpc) is 2.34. The Morgan fingerprint density at radius 2 is 2.27 bits per heavy atom. The molecule has 0 aliphatic carbocycles. The Morgan fingerprint density at radius 1 is 1.55 bits per heavy atom. The van der Waals surface area contributed by atoms with Crippen molar-refractivity contribution < 1.29 is 0 Å². The van der Waals surface area contributed by atoms with E-state index < -0.39 is 0 Å². The van der Waals surface area contributed by atoms with Crippen LogP contribution in [0.5, 0.6) is 0 Å². The van der Waals surface area contributed by atoms with Crippen LogP contribution in [0.4, 0.5) is 0 Å². The molecule has 1 aromatic rings. The smallest absolute Gasteiger partial charge is 0.312 e. The lowest BCUT2D eigenvalue weighted by Crippen LogP contribution is -2.18. The lowest BCUT2D eigenvalue weighted by atomic mass is 10.3. The van der Waals surface area contributed by atoms with Gasteiger partial charge in [0.1, 0.15) is 0 Å². The van der Waals surface area contributed by atoms with Crippen LogP contribution in [0.25, 0.3) is 0 Å². The predicted octanol–water partition coefficient (Wildman–Crippen LogP) is 1.15. The first-order chi connectivity index (χ1) is 5.29. The summed E-state index contributed by atoms with van der Waals surface area (Å²) in [5.41, 5.74) is 1.11. The predicted molar refractivity (Wildman–Crippen MR) is 44.7 cm³/mol. The maximum absolute atomic E-state index is 11.1. The van der Waals surface area contributed by atoms with Crippen molar-refractivity contribution >= 4 is 0 Å². The van der Waals surface area contributed by atoms with Crippen molar-refractivity contribution in [3.63, 3.8) is 0 Å². The Bertz CT molecular complexity index is 272. The first-order valence-corrected chi connectivity index (χ1v) is 4.06. The van der Waals surface area contributed by atoms with Gasteiger partial charge in [-0.3, -0.25) is 4.57 Å². The van der Waals surface area contributed by atoms with Crippen molar-refractivity contribution in [2.45, 2.75) is 33.2 Å². The summed E-state index contributed by atoms with van der Waals surface area (Å²) in [6.45, 7) is 4.94. The molecule has 0 saturated heterocycles. The van der Waals surface area contributed by atoms with Crippen molar-refractivity contribution in [1.82, 2.24) is 9.55 Å².